The van der Waals surface area contributed by atoms with E-state index in [-0.39, 0.29) is 57.3 Å². The number of anilines is 1. The van der Waals surface area contributed by atoms with Crippen LogP contribution in [0.4, 0.5) is 10.1 Å². The Morgan fingerprint density at radius 3 is 2.72 bits per heavy atom. The minimum absolute atomic E-state index is 0. The Morgan fingerprint density at radius 2 is 2.08 bits per heavy atom. The van der Waals surface area contributed by atoms with Crippen molar-refractivity contribution >= 4 is 17.2 Å². The van der Waals surface area contributed by atoms with Gasteiger partial charge in [-0.2, -0.15) is 5.26 Å². The number of fused-ring (bicyclic) bond motifs is 1. The van der Waals surface area contributed by atoms with E-state index in [0.29, 0.717) is 31.7 Å². The van der Waals surface area contributed by atoms with Gasteiger partial charge in [0, 0.05) is 18.7 Å². The van der Waals surface area contributed by atoms with E-state index >= 15 is 0 Å². The molecule has 0 amide bonds. The fraction of sp³-hybridized carbons (Fsp3) is 0.455. The molecule has 4 nitrogen and oxygen atoms in total. The number of halogens is 1. The second kappa shape index (κ2) is 13.4. The molecule has 198 valence electrons. The van der Waals surface area contributed by atoms with E-state index in [0.717, 1.165) is 60.6 Å². The Balaban J connectivity index is 0.00000353. The largest absolute Gasteiger partial charge is 1.00 e. The van der Waals surface area contributed by atoms with Crippen molar-refractivity contribution in [3.8, 4) is 6.07 Å². The van der Waals surface area contributed by atoms with Gasteiger partial charge in [-0.25, -0.2) is 15.4 Å². The average Bonchev–Trinajstić information content (AvgIpc) is 3.24. The molecule has 2 aromatic carbocycles. The quantitative estimate of drug-likeness (QED) is 0.218. The number of nitriles is 1. The first-order valence-corrected chi connectivity index (χ1v) is 14.1. The van der Waals surface area contributed by atoms with Crippen LogP contribution in [0.3, 0.4) is 0 Å². The van der Waals surface area contributed by atoms with Crippen LogP contribution in [-0.4, -0.2) is 30.3 Å². The molecular weight excluding hydrogens is 510 g/mol. The van der Waals surface area contributed by atoms with Crippen molar-refractivity contribution in [3.63, 3.8) is 0 Å². The van der Waals surface area contributed by atoms with Gasteiger partial charge in [-0.05, 0) is 67.3 Å². The van der Waals surface area contributed by atoms with Crippen molar-refractivity contribution in [1.82, 2.24) is 0 Å². The minimum Gasteiger partial charge on any atom is -0.516 e. The Bertz CT molecular complexity index is 1290. The topological polar surface area (TPSA) is 51.8 Å². The molecule has 1 aliphatic heterocycles. The van der Waals surface area contributed by atoms with Crippen molar-refractivity contribution in [2.45, 2.75) is 77.3 Å². The molecular formula is C33H38FKN4. The number of hydrogen-bond donors (Lipinski definition) is 0. The molecule has 0 N–H and O–H groups in total. The van der Waals surface area contributed by atoms with Crippen molar-refractivity contribution in [2.75, 3.05) is 18.0 Å². The van der Waals surface area contributed by atoms with Crippen molar-refractivity contribution in [3.05, 3.63) is 82.9 Å². The first-order chi connectivity index (χ1) is 18.4. The van der Waals surface area contributed by atoms with Crippen molar-refractivity contribution in [2.24, 2.45) is 15.9 Å². The maximum atomic E-state index is 14.7. The van der Waals surface area contributed by atoms with Crippen LogP contribution in [0, 0.1) is 23.3 Å². The fourth-order valence-electron chi connectivity index (χ4n) is 5.73. The van der Waals surface area contributed by atoms with Gasteiger partial charge < -0.3 is 4.90 Å². The molecule has 3 atom stereocenters. The normalized spacial score (nSPS) is 22.5. The monoisotopic (exact) mass is 548 g/mol. The Labute approximate surface area is 275 Å². The number of hydrogen-bond acceptors (Lipinski definition) is 4. The predicted octanol–water partition coefficient (Wildman–Crippen LogP) is 4.76. The van der Waals surface area contributed by atoms with Gasteiger partial charge in [0.25, 0.3) is 0 Å². The van der Waals surface area contributed by atoms with E-state index in [1.54, 1.807) is 0 Å². The van der Waals surface area contributed by atoms with Crippen LogP contribution in [0.25, 0.3) is 0 Å². The molecule has 0 bridgehead atoms. The molecule has 0 aromatic heterocycles. The summed E-state index contributed by atoms with van der Waals surface area (Å²) < 4.78 is 14.7. The van der Waals surface area contributed by atoms with Gasteiger partial charge in [0.1, 0.15) is 5.84 Å². The summed E-state index contributed by atoms with van der Waals surface area (Å²) in [5.41, 5.74) is 6.06. The summed E-state index contributed by atoms with van der Waals surface area (Å²) in [7, 11) is 0. The van der Waals surface area contributed by atoms with Gasteiger partial charge in [-0.15, -0.1) is 12.3 Å². The van der Waals surface area contributed by atoms with Gasteiger partial charge in [0.2, 0.25) is 0 Å². The fourth-order valence-corrected chi connectivity index (χ4v) is 5.73. The van der Waals surface area contributed by atoms with E-state index in [1.165, 1.54) is 17.2 Å². The zero-order valence-corrected chi connectivity index (χ0v) is 27.0. The van der Waals surface area contributed by atoms with E-state index in [4.69, 9.17) is 10.3 Å². The Morgan fingerprint density at radius 1 is 1.28 bits per heavy atom. The van der Waals surface area contributed by atoms with Crippen LogP contribution < -0.4 is 56.3 Å². The molecule has 0 radical (unpaired) electrons. The molecule has 3 unspecified atom stereocenters. The maximum absolute atomic E-state index is 14.7. The number of aliphatic imine (C=N–C) groups is 2. The molecule has 2 fully saturated rings. The third-order valence-corrected chi connectivity index (χ3v) is 8.37. The number of benzene rings is 2. The van der Waals surface area contributed by atoms with Crippen LogP contribution in [-0.2, 0) is 6.42 Å². The predicted molar refractivity (Wildman–Crippen MR) is 155 cm³/mol. The molecule has 0 spiro atoms. The second-order valence-electron chi connectivity index (χ2n) is 11.1. The SMILES string of the molecule is C/C=C(\CCC(C)c1ccc(CC#N)cc1)CN(c1cccc(C2=NC(CCC)=NC2)c1)[C-]1CC2(F)CC12.[K+]. The summed E-state index contributed by atoms with van der Waals surface area (Å²) in [4.78, 5) is 11.8. The standard InChI is InChI=1S/C33H38FN4.K/c1-4-7-32-36-21-30(37-32)27-8-6-9-28(18-27)38(31-20-33(34)19-29(31)33)22-24(5-2)11-10-23(3)26-14-12-25(13-15-26)16-17-35;/h5-6,8-9,12-15,18,23,29H,4,7,10-11,16,19-22H2,1-3H3;/q-1;+1/b24-5+;. The van der Waals surface area contributed by atoms with E-state index < -0.39 is 5.67 Å². The third kappa shape index (κ3) is 7.00. The van der Waals surface area contributed by atoms with E-state index in [1.807, 2.05) is 0 Å². The van der Waals surface area contributed by atoms with Gasteiger partial charge in [-0.3, -0.25) is 4.99 Å². The summed E-state index contributed by atoms with van der Waals surface area (Å²) in [5, 5.41) is 8.93. The van der Waals surface area contributed by atoms with Gasteiger partial charge >= 0.3 is 51.4 Å². The average molecular weight is 549 g/mol. The molecule has 5 rings (SSSR count). The van der Waals surface area contributed by atoms with Gasteiger partial charge in [0.05, 0.1) is 30.4 Å². The zero-order chi connectivity index (χ0) is 26.7. The van der Waals surface area contributed by atoms with E-state index in [2.05, 4.69) is 91.3 Å². The second-order valence-corrected chi connectivity index (χ2v) is 11.1. The summed E-state index contributed by atoms with van der Waals surface area (Å²) in [6.07, 6.45) is 7.91. The Hall–Kier alpha value is -1.62. The number of alkyl halides is 1. The molecule has 2 aliphatic carbocycles. The van der Waals surface area contributed by atoms with Crippen LogP contribution in [0.2, 0.25) is 0 Å². The summed E-state index contributed by atoms with van der Waals surface area (Å²) in [6, 6.07) is 20.5. The van der Waals surface area contributed by atoms with Crippen LogP contribution in [0.5, 0.6) is 0 Å². The molecule has 6 heteroatoms. The smallest absolute Gasteiger partial charge is 0.516 e. The minimum atomic E-state index is -0.952. The van der Waals surface area contributed by atoms with Crippen LogP contribution >= 0.6 is 0 Å². The molecule has 2 saturated carbocycles. The van der Waals surface area contributed by atoms with Crippen molar-refractivity contribution < 1.29 is 55.8 Å². The molecule has 1 heterocycles. The van der Waals surface area contributed by atoms with Gasteiger partial charge in [0.15, 0.2) is 0 Å². The summed E-state index contributed by atoms with van der Waals surface area (Å²) in [5.74, 6) is 1.45. The molecule has 2 aromatic rings. The zero-order valence-electron chi connectivity index (χ0n) is 23.9. The van der Waals surface area contributed by atoms with E-state index in [9.17, 15) is 4.39 Å². The maximum Gasteiger partial charge on any atom is 1.00 e. The number of allylic oxidation sites excluding steroid dienone is 1. The van der Waals surface area contributed by atoms with Crippen LogP contribution in [0.15, 0.2) is 70.2 Å². The first kappa shape index (κ1) is 30.3. The molecule has 39 heavy (non-hydrogen) atoms. The first-order valence-electron chi connectivity index (χ1n) is 14.1. The van der Waals surface area contributed by atoms with Gasteiger partial charge in [-0.1, -0.05) is 61.9 Å². The number of nitrogens with zero attached hydrogens (tertiary/aromatic N) is 4. The third-order valence-electron chi connectivity index (χ3n) is 8.37. The summed E-state index contributed by atoms with van der Waals surface area (Å²) >= 11 is 0. The summed E-state index contributed by atoms with van der Waals surface area (Å²) in [6.45, 7) is 7.97. The van der Waals surface area contributed by atoms with Crippen molar-refractivity contribution in [1.29, 1.82) is 5.26 Å². The number of rotatable bonds is 12. The molecule has 0 saturated heterocycles. The number of amidine groups is 1. The Kier molecular flexibility index (Phi) is 10.4. The van der Waals surface area contributed by atoms with Crippen LogP contribution in [0.1, 0.15) is 81.9 Å². The molecule has 3 aliphatic rings.